The Morgan fingerprint density at radius 3 is 2.65 bits per heavy atom. The average molecular weight is 231 g/mol. The van der Waals surface area contributed by atoms with Crippen LogP contribution in [0.5, 0.6) is 0 Å². The zero-order valence-electron chi connectivity index (χ0n) is 10.2. The summed E-state index contributed by atoms with van der Waals surface area (Å²) in [5, 5.41) is 11.8. The maximum absolute atomic E-state index is 11.9. The van der Waals surface area contributed by atoms with Gasteiger partial charge in [0.15, 0.2) is 6.04 Å². The van der Waals surface area contributed by atoms with E-state index in [-0.39, 0.29) is 11.8 Å². The third kappa shape index (κ3) is 3.56. The number of aromatic nitrogens is 1. The Morgan fingerprint density at radius 2 is 2.18 bits per heavy atom. The number of carbonyl (C=O) groups is 1. The zero-order chi connectivity index (χ0) is 12.7. The molecule has 0 aliphatic heterocycles. The van der Waals surface area contributed by atoms with E-state index in [9.17, 15) is 4.79 Å². The predicted molar refractivity (Wildman–Crippen MR) is 64.8 cm³/mol. The van der Waals surface area contributed by atoms with Gasteiger partial charge in [0.25, 0.3) is 0 Å². The molecule has 0 fully saturated rings. The number of nitrogens with zero attached hydrogens (tertiary/aromatic N) is 2. The Morgan fingerprint density at radius 1 is 1.47 bits per heavy atom. The fourth-order valence-electron chi connectivity index (χ4n) is 1.64. The first kappa shape index (κ1) is 13.2. The summed E-state index contributed by atoms with van der Waals surface area (Å²) in [5.41, 5.74) is 0.578. The van der Waals surface area contributed by atoms with Gasteiger partial charge in [-0.2, -0.15) is 5.26 Å². The van der Waals surface area contributed by atoms with Gasteiger partial charge in [-0.1, -0.05) is 19.9 Å². The van der Waals surface area contributed by atoms with E-state index in [1.165, 1.54) is 0 Å². The molecule has 1 N–H and O–H groups in total. The van der Waals surface area contributed by atoms with Crippen LogP contribution in [-0.4, -0.2) is 10.9 Å². The molecule has 1 amide bonds. The summed E-state index contributed by atoms with van der Waals surface area (Å²) in [7, 11) is 0. The molecule has 1 atom stereocenters. The van der Waals surface area contributed by atoms with E-state index in [1.54, 1.807) is 24.4 Å². The Bertz CT molecular complexity index is 393. The Balaban J connectivity index is 2.72. The van der Waals surface area contributed by atoms with Gasteiger partial charge in [-0.25, -0.2) is 0 Å². The van der Waals surface area contributed by atoms with Crippen molar-refractivity contribution in [1.29, 1.82) is 5.26 Å². The minimum atomic E-state index is -0.663. The van der Waals surface area contributed by atoms with Gasteiger partial charge in [0.1, 0.15) is 0 Å². The number of nitrogens with one attached hydrogen (secondary N) is 1. The summed E-state index contributed by atoms with van der Waals surface area (Å²) in [5.74, 6) is -0.109. The lowest BCUT2D eigenvalue weighted by molar-refractivity contribution is -0.125. The molecule has 1 unspecified atom stereocenters. The van der Waals surface area contributed by atoms with Crippen LogP contribution in [0.2, 0.25) is 0 Å². The van der Waals surface area contributed by atoms with Crippen molar-refractivity contribution >= 4 is 5.91 Å². The molecule has 17 heavy (non-hydrogen) atoms. The molecule has 0 bridgehead atoms. The highest BCUT2D eigenvalue weighted by atomic mass is 16.1. The summed E-state index contributed by atoms with van der Waals surface area (Å²) >= 11 is 0. The molecule has 0 aliphatic carbocycles. The first-order valence-electron chi connectivity index (χ1n) is 5.83. The first-order valence-corrected chi connectivity index (χ1v) is 5.83. The summed E-state index contributed by atoms with van der Waals surface area (Å²) in [6, 6.07) is 6.71. The Hall–Kier alpha value is -1.89. The van der Waals surface area contributed by atoms with E-state index < -0.39 is 6.04 Å². The molecule has 1 aromatic rings. The van der Waals surface area contributed by atoms with Crippen molar-refractivity contribution in [3.8, 4) is 6.07 Å². The predicted octanol–water partition coefficient (Wildman–Crippen LogP) is 2.20. The molecule has 4 heteroatoms. The quantitative estimate of drug-likeness (QED) is 0.844. The average Bonchev–Trinajstić information content (AvgIpc) is 2.38. The van der Waals surface area contributed by atoms with Crippen molar-refractivity contribution in [2.45, 2.75) is 32.7 Å². The van der Waals surface area contributed by atoms with Gasteiger partial charge in [-0.3, -0.25) is 9.78 Å². The molecule has 1 rings (SSSR count). The van der Waals surface area contributed by atoms with Crippen LogP contribution in [0.15, 0.2) is 24.4 Å². The van der Waals surface area contributed by atoms with E-state index in [0.717, 1.165) is 12.8 Å². The number of carbonyl (C=O) groups excluding carboxylic acids is 1. The summed E-state index contributed by atoms with van der Waals surface area (Å²) < 4.78 is 0. The van der Waals surface area contributed by atoms with Crippen molar-refractivity contribution in [3.05, 3.63) is 30.1 Å². The molecule has 0 saturated carbocycles. The molecular weight excluding hydrogens is 214 g/mol. The molecule has 4 nitrogen and oxygen atoms in total. The van der Waals surface area contributed by atoms with Crippen LogP contribution in [0.25, 0.3) is 0 Å². The van der Waals surface area contributed by atoms with Crippen LogP contribution in [0.1, 0.15) is 38.4 Å². The number of pyridine rings is 1. The lowest BCUT2D eigenvalue weighted by Crippen LogP contribution is -2.33. The van der Waals surface area contributed by atoms with Crippen LogP contribution in [-0.2, 0) is 4.79 Å². The molecule has 1 heterocycles. The minimum absolute atomic E-state index is 0.0328. The van der Waals surface area contributed by atoms with E-state index in [1.807, 2.05) is 13.8 Å². The number of rotatable bonds is 5. The molecule has 1 aromatic heterocycles. The highest BCUT2D eigenvalue weighted by Gasteiger charge is 2.19. The van der Waals surface area contributed by atoms with Gasteiger partial charge in [0, 0.05) is 12.1 Å². The monoisotopic (exact) mass is 231 g/mol. The van der Waals surface area contributed by atoms with E-state index in [0.29, 0.717) is 5.69 Å². The SMILES string of the molecule is CCC(CC)C(=O)NC(C#N)c1ccccn1. The van der Waals surface area contributed by atoms with Crippen molar-refractivity contribution in [2.24, 2.45) is 5.92 Å². The molecule has 0 radical (unpaired) electrons. The van der Waals surface area contributed by atoms with Gasteiger partial charge in [-0.05, 0) is 25.0 Å². The molecule has 0 aromatic carbocycles. The van der Waals surface area contributed by atoms with Gasteiger partial charge >= 0.3 is 0 Å². The van der Waals surface area contributed by atoms with Crippen LogP contribution >= 0.6 is 0 Å². The molecule has 0 aliphatic rings. The summed E-state index contributed by atoms with van der Waals surface area (Å²) in [6.45, 7) is 3.94. The lowest BCUT2D eigenvalue weighted by Gasteiger charge is -2.16. The smallest absolute Gasteiger partial charge is 0.224 e. The van der Waals surface area contributed by atoms with Gasteiger partial charge in [0.2, 0.25) is 5.91 Å². The van der Waals surface area contributed by atoms with Crippen molar-refractivity contribution in [3.63, 3.8) is 0 Å². The standard InChI is InChI=1S/C13H17N3O/c1-3-10(4-2)13(17)16-12(9-14)11-7-5-6-8-15-11/h5-8,10,12H,3-4H2,1-2H3,(H,16,17). The first-order chi connectivity index (χ1) is 8.22. The van der Waals surface area contributed by atoms with E-state index in [2.05, 4.69) is 16.4 Å². The third-order valence-electron chi connectivity index (χ3n) is 2.76. The zero-order valence-corrected chi connectivity index (χ0v) is 10.2. The van der Waals surface area contributed by atoms with E-state index in [4.69, 9.17) is 5.26 Å². The summed E-state index contributed by atoms with van der Waals surface area (Å²) in [6.07, 6.45) is 3.17. The van der Waals surface area contributed by atoms with Crippen LogP contribution < -0.4 is 5.32 Å². The highest BCUT2D eigenvalue weighted by Crippen LogP contribution is 2.12. The topological polar surface area (TPSA) is 65.8 Å². The van der Waals surface area contributed by atoms with Crippen molar-refractivity contribution < 1.29 is 4.79 Å². The van der Waals surface area contributed by atoms with Crippen LogP contribution in [0, 0.1) is 17.2 Å². The van der Waals surface area contributed by atoms with Gasteiger partial charge < -0.3 is 5.32 Å². The third-order valence-corrected chi connectivity index (χ3v) is 2.76. The second kappa shape index (κ2) is 6.64. The lowest BCUT2D eigenvalue weighted by atomic mass is 10.0. The van der Waals surface area contributed by atoms with Crippen molar-refractivity contribution in [2.75, 3.05) is 0 Å². The normalized spacial score (nSPS) is 11.9. The number of amides is 1. The van der Waals surface area contributed by atoms with E-state index >= 15 is 0 Å². The number of nitriles is 1. The fourth-order valence-corrected chi connectivity index (χ4v) is 1.64. The molecular formula is C13H17N3O. The highest BCUT2D eigenvalue weighted by molar-refractivity contribution is 5.79. The van der Waals surface area contributed by atoms with Crippen molar-refractivity contribution in [1.82, 2.24) is 10.3 Å². The Kier molecular flexibility index (Phi) is 5.15. The summed E-state index contributed by atoms with van der Waals surface area (Å²) in [4.78, 5) is 15.9. The fraction of sp³-hybridized carbons (Fsp3) is 0.462. The largest absolute Gasteiger partial charge is 0.335 e. The second-order valence-electron chi connectivity index (χ2n) is 3.84. The van der Waals surface area contributed by atoms with Crippen LogP contribution in [0.4, 0.5) is 0 Å². The number of hydrogen-bond donors (Lipinski definition) is 1. The maximum atomic E-state index is 11.9. The van der Waals surface area contributed by atoms with Gasteiger partial charge in [0.05, 0.1) is 11.8 Å². The number of hydrogen-bond acceptors (Lipinski definition) is 3. The molecule has 90 valence electrons. The van der Waals surface area contributed by atoms with Gasteiger partial charge in [-0.15, -0.1) is 0 Å². The minimum Gasteiger partial charge on any atom is -0.335 e. The molecule has 0 saturated heterocycles. The Labute approximate surface area is 102 Å². The molecule has 0 spiro atoms. The van der Waals surface area contributed by atoms with Crippen LogP contribution in [0.3, 0.4) is 0 Å². The second-order valence-corrected chi connectivity index (χ2v) is 3.84. The maximum Gasteiger partial charge on any atom is 0.224 e.